The van der Waals surface area contributed by atoms with Gasteiger partial charge in [-0.15, -0.1) is 0 Å². The fraction of sp³-hybridized carbons (Fsp3) is 0.133. The zero-order chi connectivity index (χ0) is 14.3. The van der Waals surface area contributed by atoms with E-state index >= 15 is 0 Å². The van der Waals surface area contributed by atoms with Crippen LogP contribution in [0.15, 0.2) is 51.8 Å². The Balaban J connectivity index is 2.27. The van der Waals surface area contributed by atoms with Crippen molar-refractivity contribution in [3.8, 4) is 5.75 Å². The molecule has 0 aliphatic heterocycles. The van der Waals surface area contributed by atoms with Crippen LogP contribution in [0.4, 0.5) is 0 Å². The number of nitrogens with zero attached hydrogens (tertiary/aromatic N) is 2. The molecule has 0 saturated heterocycles. The van der Waals surface area contributed by atoms with Crippen molar-refractivity contribution in [3.05, 3.63) is 57.4 Å². The second kappa shape index (κ2) is 5.22. The molecule has 3 rings (SSSR count). The van der Waals surface area contributed by atoms with Crippen LogP contribution in [0.3, 0.4) is 0 Å². The third-order valence-corrected chi connectivity index (χ3v) is 5.53. The number of benzene rings is 1. The Bertz CT molecular complexity index is 768. The van der Waals surface area contributed by atoms with E-state index in [0.717, 1.165) is 20.0 Å². The Morgan fingerprint density at radius 1 is 1.15 bits per heavy atom. The summed E-state index contributed by atoms with van der Waals surface area (Å²) in [7, 11) is 0. The van der Waals surface area contributed by atoms with E-state index in [1.165, 1.54) is 11.8 Å². The smallest absolute Gasteiger partial charge is 0.144 e. The Kier molecular flexibility index (Phi) is 3.56. The lowest BCUT2D eigenvalue weighted by atomic mass is 10.1. The summed E-state index contributed by atoms with van der Waals surface area (Å²) >= 11 is 7.14. The van der Waals surface area contributed by atoms with Crippen molar-refractivity contribution < 1.29 is 5.11 Å². The Hall–Kier alpha value is -1.33. The maximum absolute atomic E-state index is 10.0. The van der Waals surface area contributed by atoms with Gasteiger partial charge in [0.05, 0.1) is 33.8 Å². The minimum absolute atomic E-state index is 0.128. The van der Waals surface area contributed by atoms with E-state index in [1.807, 2.05) is 18.2 Å². The van der Waals surface area contributed by atoms with Crippen LogP contribution in [-0.2, 0) is 0 Å². The summed E-state index contributed by atoms with van der Waals surface area (Å²) in [6, 6.07) is 10.4. The molecule has 0 fully saturated rings. The highest BCUT2D eigenvalue weighted by atomic mass is 79.9. The van der Waals surface area contributed by atoms with Gasteiger partial charge in [0.2, 0.25) is 0 Å². The second-order valence-electron chi connectivity index (χ2n) is 4.61. The highest BCUT2D eigenvalue weighted by Crippen LogP contribution is 2.41. The topological polar surface area (TPSA) is 38.0 Å². The normalized spacial score (nSPS) is 12.8. The summed E-state index contributed by atoms with van der Waals surface area (Å²) in [5, 5.41) is 10.8. The Morgan fingerprint density at radius 3 is 2.55 bits per heavy atom. The maximum Gasteiger partial charge on any atom is 0.144 e. The van der Waals surface area contributed by atoms with Crippen LogP contribution in [0, 0.1) is 0 Å². The molecule has 0 spiro atoms. The minimum Gasteiger partial charge on any atom is -0.506 e. The van der Waals surface area contributed by atoms with Crippen LogP contribution >= 0.6 is 31.9 Å². The lowest BCUT2D eigenvalue weighted by molar-refractivity contribution is 0.479. The van der Waals surface area contributed by atoms with Gasteiger partial charge < -0.3 is 9.67 Å². The summed E-state index contributed by atoms with van der Waals surface area (Å²) in [6.45, 7) is 2.12. The first-order valence-electron chi connectivity index (χ1n) is 6.18. The molecule has 2 aromatic heterocycles. The van der Waals surface area contributed by atoms with Gasteiger partial charge >= 0.3 is 0 Å². The SMILES string of the molecule is C[C@H](c1ccccc1)n1c(Br)c(Br)c2c(O)cncc21. The molecule has 5 heteroatoms. The van der Waals surface area contributed by atoms with Crippen molar-refractivity contribution in [1.29, 1.82) is 0 Å². The summed E-state index contributed by atoms with van der Waals surface area (Å²) in [6.07, 6.45) is 3.22. The zero-order valence-corrected chi connectivity index (χ0v) is 13.9. The van der Waals surface area contributed by atoms with Gasteiger partial charge in [0.25, 0.3) is 0 Å². The number of aromatic hydroxyl groups is 1. The summed E-state index contributed by atoms with van der Waals surface area (Å²) in [4.78, 5) is 4.09. The first kappa shape index (κ1) is 13.6. The van der Waals surface area contributed by atoms with Crippen molar-refractivity contribution in [2.45, 2.75) is 13.0 Å². The van der Waals surface area contributed by atoms with Gasteiger partial charge in [0.15, 0.2) is 0 Å². The van der Waals surface area contributed by atoms with Crippen LogP contribution < -0.4 is 0 Å². The molecule has 2 heterocycles. The molecule has 3 aromatic rings. The molecule has 0 unspecified atom stereocenters. The van der Waals surface area contributed by atoms with Crippen LogP contribution in [-0.4, -0.2) is 14.7 Å². The number of pyridine rings is 1. The molecule has 1 atom stereocenters. The fourth-order valence-electron chi connectivity index (χ4n) is 2.42. The number of fused-ring (bicyclic) bond motifs is 1. The van der Waals surface area contributed by atoms with Gasteiger partial charge in [-0.1, -0.05) is 30.3 Å². The van der Waals surface area contributed by atoms with E-state index in [0.29, 0.717) is 0 Å². The Morgan fingerprint density at radius 2 is 1.85 bits per heavy atom. The molecule has 0 aliphatic rings. The predicted octanol–water partition coefficient (Wildman–Crippen LogP) is 4.88. The zero-order valence-electron chi connectivity index (χ0n) is 10.7. The van der Waals surface area contributed by atoms with Crippen LogP contribution in [0.1, 0.15) is 18.5 Å². The van der Waals surface area contributed by atoms with E-state index in [4.69, 9.17) is 0 Å². The van der Waals surface area contributed by atoms with Crippen molar-refractivity contribution in [1.82, 2.24) is 9.55 Å². The van der Waals surface area contributed by atoms with Crippen molar-refractivity contribution in [2.24, 2.45) is 0 Å². The molecule has 0 radical (unpaired) electrons. The van der Waals surface area contributed by atoms with E-state index < -0.39 is 0 Å². The molecule has 20 heavy (non-hydrogen) atoms. The molecule has 0 aliphatic carbocycles. The summed E-state index contributed by atoms with van der Waals surface area (Å²) < 4.78 is 3.85. The monoisotopic (exact) mass is 394 g/mol. The fourth-order valence-corrected chi connectivity index (χ4v) is 3.71. The number of halogens is 2. The average Bonchev–Trinajstić information content (AvgIpc) is 2.72. The van der Waals surface area contributed by atoms with Gasteiger partial charge in [-0.2, -0.15) is 0 Å². The van der Waals surface area contributed by atoms with E-state index in [2.05, 4.69) is 60.5 Å². The van der Waals surface area contributed by atoms with Gasteiger partial charge in [0, 0.05) is 0 Å². The largest absolute Gasteiger partial charge is 0.506 e. The molecule has 3 nitrogen and oxygen atoms in total. The molecule has 102 valence electrons. The van der Waals surface area contributed by atoms with Gasteiger partial charge in [0.1, 0.15) is 10.4 Å². The molecule has 1 N–H and O–H groups in total. The average molecular weight is 396 g/mol. The third kappa shape index (κ3) is 2.05. The number of aromatic nitrogens is 2. The van der Waals surface area contributed by atoms with Crippen LogP contribution in [0.5, 0.6) is 5.75 Å². The number of hydrogen-bond acceptors (Lipinski definition) is 2. The molecule has 1 aromatic carbocycles. The van der Waals surface area contributed by atoms with Gasteiger partial charge in [-0.3, -0.25) is 4.98 Å². The quantitative estimate of drug-likeness (QED) is 0.671. The number of hydrogen-bond donors (Lipinski definition) is 1. The second-order valence-corrected chi connectivity index (χ2v) is 6.16. The first-order chi connectivity index (χ1) is 9.61. The Labute approximate surface area is 133 Å². The highest BCUT2D eigenvalue weighted by molar-refractivity contribution is 9.13. The minimum atomic E-state index is 0.128. The van der Waals surface area contributed by atoms with E-state index in [1.54, 1.807) is 6.20 Å². The first-order valence-corrected chi connectivity index (χ1v) is 7.76. The van der Waals surface area contributed by atoms with Crippen molar-refractivity contribution >= 4 is 42.8 Å². The molecular formula is C15H12Br2N2O. The maximum atomic E-state index is 10.0. The van der Waals surface area contributed by atoms with Crippen LogP contribution in [0.2, 0.25) is 0 Å². The number of rotatable bonds is 2. The predicted molar refractivity (Wildman–Crippen MR) is 87.1 cm³/mol. The van der Waals surface area contributed by atoms with E-state index in [-0.39, 0.29) is 11.8 Å². The summed E-state index contributed by atoms with van der Waals surface area (Å²) in [5.41, 5.74) is 2.08. The third-order valence-electron chi connectivity index (χ3n) is 3.45. The van der Waals surface area contributed by atoms with Crippen molar-refractivity contribution in [3.63, 3.8) is 0 Å². The van der Waals surface area contributed by atoms with Crippen molar-refractivity contribution in [2.75, 3.05) is 0 Å². The lowest BCUT2D eigenvalue weighted by Crippen LogP contribution is -2.06. The standard InChI is InChI=1S/C15H12Br2N2O/c1-9(10-5-3-2-4-6-10)19-11-7-18-8-12(20)13(11)14(16)15(19)17/h2-9,20H,1H3/t9-/m1/s1. The summed E-state index contributed by atoms with van der Waals surface area (Å²) in [5.74, 6) is 0.175. The van der Waals surface area contributed by atoms with Crippen LogP contribution in [0.25, 0.3) is 10.9 Å². The lowest BCUT2D eigenvalue weighted by Gasteiger charge is -2.17. The molecular weight excluding hydrogens is 384 g/mol. The van der Waals surface area contributed by atoms with Gasteiger partial charge in [-0.25, -0.2) is 0 Å². The molecule has 0 amide bonds. The highest BCUT2D eigenvalue weighted by Gasteiger charge is 2.20. The molecule has 0 saturated carbocycles. The van der Waals surface area contributed by atoms with Gasteiger partial charge in [-0.05, 0) is 44.3 Å². The molecule has 0 bridgehead atoms. The van der Waals surface area contributed by atoms with E-state index in [9.17, 15) is 5.11 Å².